The molecule has 0 aliphatic carbocycles. The Balaban J connectivity index is 2.46. The Morgan fingerprint density at radius 2 is 2.08 bits per heavy atom. The third-order valence-electron chi connectivity index (χ3n) is 3.75. The van der Waals surface area contributed by atoms with Crippen molar-refractivity contribution in [2.45, 2.75) is 19.4 Å². The van der Waals surface area contributed by atoms with E-state index in [1.165, 1.54) is 6.07 Å². The predicted molar refractivity (Wildman–Crippen MR) is 95.9 cm³/mol. The van der Waals surface area contributed by atoms with E-state index in [9.17, 15) is 9.90 Å². The fourth-order valence-corrected chi connectivity index (χ4v) is 2.79. The number of benzene rings is 2. The van der Waals surface area contributed by atoms with Crippen LogP contribution in [-0.4, -0.2) is 24.3 Å². The second-order valence-corrected chi connectivity index (χ2v) is 5.93. The molecule has 0 fully saturated rings. The molecule has 0 amide bonds. The summed E-state index contributed by atoms with van der Waals surface area (Å²) in [4.78, 5) is 11.8. The zero-order chi connectivity index (χ0) is 19.1. The average Bonchev–Trinajstić information content (AvgIpc) is 2.64. The topological polar surface area (TPSA) is 105 Å². The summed E-state index contributed by atoms with van der Waals surface area (Å²) in [5, 5.41) is 32.9. The molecule has 0 spiro atoms. The fraction of sp³-hybridized carbons (Fsp3) is 0.263. The Labute approximate surface area is 156 Å². The number of anilines is 1. The fourth-order valence-electron chi connectivity index (χ4n) is 2.55. The van der Waals surface area contributed by atoms with Crippen molar-refractivity contribution in [3.05, 3.63) is 58.1 Å². The third-order valence-corrected chi connectivity index (χ3v) is 3.97. The van der Waals surface area contributed by atoms with E-state index in [-0.39, 0.29) is 13.2 Å². The summed E-state index contributed by atoms with van der Waals surface area (Å²) < 4.78 is 5.59. The van der Waals surface area contributed by atoms with Gasteiger partial charge in [0.1, 0.15) is 12.4 Å². The SMILES string of the molecule is CCc1cc(Cl)cc(C(Nc2ccc(C#N)cc2)C(=O)[O-])c1OCCO. The highest BCUT2D eigenvalue weighted by atomic mass is 35.5. The van der Waals surface area contributed by atoms with E-state index >= 15 is 0 Å². The van der Waals surface area contributed by atoms with Crippen LogP contribution in [0.1, 0.15) is 29.7 Å². The number of nitriles is 1. The van der Waals surface area contributed by atoms with Gasteiger partial charge in [-0.05, 0) is 48.4 Å². The number of carbonyl (C=O) groups excluding carboxylic acids is 1. The average molecular weight is 374 g/mol. The standard InChI is InChI=1S/C19H19ClN2O4/c1-2-13-9-14(20)10-16(18(13)26-8-7-23)17(19(24)25)22-15-5-3-12(11-21)4-6-15/h3-6,9-10,17,22-23H,2,7-8H2,1H3,(H,24,25)/p-1. The molecule has 6 nitrogen and oxygen atoms in total. The number of hydrogen-bond acceptors (Lipinski definition) is 6. The van der Waals surface area contributed by atoms with Gasteiger partial charge < -0.3 is 25.1 Å². The van der Waals surface area contributed by atoms with Crippen molar-refractivity contribution in [2.75, 3.05) is 18.5 Å². The molecule has 0 aliphatic heterocycles. The van der Waals surface area contributed by atoms with Gasteiger partial charge in [0.05, 0.1) is 30.3 Å². The van der Waals surface area contributed by atoms with E-state index in [1.54, 1.807) is 30.3 Å². The van der Waals surface area contributed by atoms with Crippen LogP contribution in [0.15, 0.2) is 36.4 Å². The van der Waals surface area contributed by atoms with E-state index in [0.717, 1.165) is 5.56 Å². The summed E-state index contributed by atoms with van der Waals surface area (Å²) in [7, 11) is 0. The highest BCUT2D eigenvalue weighted by molar-refractivity contribution is 6.30. The number of nitrogens with one attached hydrogen (secondary N) is 1. The summed E-state index contributed by atoms with van der Waals surface area (Å²) in [5.74, 6) is -0.992. The molecule has 0 saturated carbocycles. The van der Waals surface area contributed by atoms with E-state index in [0.29, 0.717) is 34.0 Å². The highest BCUT2D eigenvalue weighted by Crippen LogP contribution is 2.35. The van der Waals surface area contributed by atoms with Gasteiger partial charge in [-0.25, -0.2) is 0 Å². The van der Waals surface area contributed by atoms with Gasteiger partial charge in [-0.15, -0.1) is 0 Å². The molecule has 2 aromatic rings. The van der Waals surface area contributed by atoms with Crippen molar-refractivity contribution < 1.29 is 19.7 Å². The van der Waals surface area contributed by atoms with E-state index in [1.807, 2.05) is 13.0 Å². The molecule has 0 heterocycles. The highest BCUT2D eigenvalue weighted by Gasteiger charge is 2.21. The molecule has 0 aliphatic rings. The van der Waals surface area contributed by atoms with Gasteiger partial charge in [-0.2, -0.15) is 5.26 Å². The maximum atomic E-state index is 11.8. The maximum Gasteiger partial charge on any atom is 0.128 e. The van der Waals surface area contributed by atoms with Crippen LogP contribution in [0.2, 0.25) is 5.02 Å². The Morgan fingerprint density at radius 3 is 2.62 bits per heavy atom. The van der Waals surface area contributed by atoms with Crippen LogP contribution in [0.3, 0.4) is 0 Å². The molecule has 7 heteroatoms. The molecule has 2 N–H and O–H groups in total. The van der Waals surface area contributed by atoms with Gasteiger partial charge in [-0.1, -0.05) is 18.5 Å². The number of rotatable bonds is 8. The van der Waals surface area contributed by atoms with E-state index in [4.69, 9.17) is 26.7 Å². The molecular formula is C19H18ClN2O4-. The Kier molecular flexibility index (Phi) is 6.84. The lowest BCUT2D eigenvalue weighted by Crippen LogP contribution is -2.34. The molecule has 2 rings (SSSR count). The van der Waals surface area contributed by atoms with Gasteiger partial charge in [0, 0.05) is 16.3 Å². The maximum absolute atomic E-state index is 11.8. The number of carboxylic acids is 1. The smallest absolute Gasteiger partial charge is 0.128 e. The molecular weight excluding hydrogens is 356 g/mol. The molecule has 136 valence electrons. The molecule has 1 atom stereocenters. The van der Waals surface area contributed by atoms with Crippen LogP contribution in [0, 0.1) is 11.3 Å². The van der Waals surface area contributed by atoms with Gasteiger partial charge in [0.2, 0.25) is 0 Å². The molecule has 0 aromatic heterocycles. The minimum Gasteiger partial charge on any atom is -0.548 e. The number of nitrogens with zero attached hydrogens (tertiary/aromatic N) is 1. The zero-order valence-corrected chi connectivity index (χ0v) is 14.9. The van der Waals surface area contributed by atoms with Crippen LogP contribution in [0.25, 0.3) is 0 Å². The first-order chi connectivity index (χ1) is 12.5. The zero-order valence-electron chi connectivity index (χ0n) is 14.2. The monoisotopic (exact) mass is 373 g/mol. The van der Waals surface area contributed by atoms with Crippen LogP contribution < -0.4 is 15.2 Å². The largest absolute Gasteiger partial charge is 0.548 e. The number of halogens is 1. The second kappa shape index (κ2) is 9.09. The van der Waals surface area contributed by atoms with Crippen molar-refractivity contribution in [1.29, 1.82) is 5.26 Å². The molecule has 1 unspecified atom stereocenters. The summed E-state index contributed by atoms with van der Waals surface area (Å²) in [5.41, 5.74) is 2.01. The number of aliphatic carboxylic acids is 1. The van der Waals surface area contributed by atoms with Crippen molar-refractivity contribution in [3.8, 4) is 11.8 Å². The number of ether oxygens (including phenoxy) is 1. The first-order valence-electron chi connectivity index (χ1n) is 8.03. The molecule has 26 heavy (non-hydrogen) atoms. The number of aliphatic hydroxyl groups excluding tert-OH is 1. The molecule has 0 saturated heterocycles. The van der Waals surface area contributed by atoms with Gasteiger partial charge in [0.15, 0.2) is 0 Å². The lowest BCUT2D eigenvalue weighted by molar-refractivity contribution is -0.307. The second-order valence-electron chi connectivity index (χ2n) is 5.49. The van der Waals surface area contributed by atoms with Crippen LogP contribution in [0.5, 0.6) is 5.75 Å². The van der Waals surface area contributed by atoms with Crippen molar-refractivity contribution in [3.63, 3.8) is 0 Å². The lowest BCUT2D eigenvalue weighted by Gasteiger charge is -2.25. The quantitative estimate of drug-likeness (QED) is 0.733. The van der Waals surface area contributed by atoms with E-state index in [2.05, 4.69) is 5.32 Å². The number of carbonyl (C=O) groups is 1. The number of hydrogen-bond donors (Lipinski definition) is 2. The normalized spacial score (nSPS) is 11.5. The summed E-state index contributed by atoms with van der Waals surface area (Å²) in [6.45, 7) is 1.71. The van der Waals surface area contributed by atoms with Crippen LogP contribution in [-0.2, 0) is 11.2 Å². The lowest BCUT2D eigenvalue weighted by atomic mass is 10.00. The molecule has 2 aromatic carbocycles. The Bertz CT molecular complexity index is 816. The molecule has 0 radical (unpaired) electrons. The van der Waals surface area contributed by atoms with Crippen LogP contribution >= 0.6 is 11.6 Å². The van der Waals surface area contributed by atoms with Crippen molar-refractivity contribution >= 4 is 23.3 Å². The minimum atomic E-state index is -1.35. The van der Waals surface area contributed by atoms with Gasteiger partial charge in [0.25, 0.3) is 0 Å². The first kappa shape index (κ1) is 19.6. The third kappa shape index (κ3) is 4.66. The summed E-state index contributed by atoms with van der Waals surface area (Å²) in [6, 6.07) is 10.3. The van der Waals surface area contributed by atoms with Crippen molar-refractivity contribution in [1.82, 2.24) is 0 Å². The van der Waals surface area contributed by atoms with E-state index < -0.39 is 12.0 Å². The Hall–Kier alpha value is -2.75. The summed E-state index contributed by atoms with van der Waals surface area (Å²) in [6.07, 6.45) is 0.574. The molecule has 0 bridgehead atoms. The summed E-state index contributed by atoms with van der Waals surface area (Å²) >= 11 is 6.14. The number of aryl methyl sites for hydroxylation is 1. The van der Waals surface area contributed by atoms with Gasteiger partial charge in [-0.3, -0.25) is 0 Å². The van der Waals surface area contributed by atoms with Crippen LogP contribution in [0.4, 0.5) is 5.69 Å². The Morgan fingerprint density at radius 1 is 1.38 bits per heavy atom. The van der Waals surface area contributed by atoms with Crippen molar-refractivity contribution in [2.24, 2.45) is 0 Å². The number of carboxylic acid groups (broad SMARTS) is 1. The predicted octanol–water partition coefficient (Wildman–Crippen LogP) is 2.05. The minimum absolute atomic E-state index is 0.0261. The van der Waals surface area contributed by atoms with Gasteiger partial charge >= 0.3 is 0 Å². The number of aliphatic hydroxyl groups is 1. The first-order valence-corrected chi connectivity index (χ1v) is 8.41.